The summed E-state index contributed by atoms with van der Waals surface area (Å²) in [6, 6.07) is 0. The van der Waals surface area contributed by atoms with Crippen LogP contribution in [0.4, 0.5) is 5.82 Å². The van der Waals surface area contributed by atoms with Gasteiger partial charge in [-0.3, -0.25) is 0 Å². The van der Waals surface area contributed by atoms with Crippen LogP contribution in [0.25, 0.3) is 10.2 Å². The molecule has 2 aromatic rings. The van der Waals surface area contributed by atoms with Gasteiger partial charge in [-0.15, -0.1) is 0 Å². The second-order valence-electron chi connectivity index (χ2n) is 4.15. The molecule has 0 bridgehead atoms. The number of rotatable bonds is 0. The van der Waals surface area contributed by atoms with Gasteiger partial charge in [0.15, 0.2) is 0 Å². The molecular formula is C11H14N4S. The second-order valence-corrected chi connectivity index (χ2v) is 4.90. The third-order valence-electron chi connectivity index (χ3n) is 3.18. The number of nitrogen functional groups attached to an aromatic ring is 1. The Morgan fingerprint density at radius 2 is 2.00 bits per heavy atom. The van der Waals surface area contributed by atoms with Crippen LogP contribution in [-0.4, -0.2) is 22.4 Å². The fraction of sp³-hybridized carbons (Fsp3) is 0.455. The first-order chi connectivity index (χ1) is 7.77. The van der Waals surface area contributed by atoms with Gasteiger partial charge in [-0.25, -0.2) is 4.98 Å². The zero-order valence-corrected chi connectivity index (χ0v) is 10.0. The molecule has 0 aromatic carbocycles. The topological polar surface area (TPSA) is 63.8 Å². The standard InChI is InChI=1S/C11H14N4S/c1-6-7-2-4-13-5-3-8(7)9-10(12)15-16-11(9)14-6/h13H,2-5H2,1H3,(H2,12,15). The normalized spacial score (nSPS) is 16.1. The van der Waals surface area contributed by atoms with Gasteiger partial charge in [-0.05, 0) is 55.5 Å². The van der Waals surface area contributed by atoms with Crippen LogP contribution in [0.5, 0.6) is 0 Å². The van der Waals surface area contributed by atoms with Crippen molar-refractivity contribution in [1.82, 2.24) is 14.7 Å². The van der Waals surface area contributed by atoms with Crippen molar-refractivity contribution in [1.29, 1.82) is 0 Å². The maximum atomic E-state index is 5.94. The molecule has 4 nitrogen and oxygen atoms in total. The molecule has 0 saturated carbocycles. The summed E-state index contributed by atoms with van der Waals surface area (Å²) in [5.74, 6) is 0.644. The molecule has 0 spiro atoms. The molecular weight excluding hydrogens is 220 g/mol. The van der Waals surface area contributed by atoms with Crippen molar-refractivity contribution in [2.75, 3.05) is 18.8 Å². The van der Waals surface area contributed by atoms with Crippen LogP contribution in [0.15, 0.2) is 0 Å². The van der Waals surface area contributed by atoms with E-state index in [1.54, 1.807) is 0 Å². The lowest BCUT2D eigenvalue weighted by atomic mass is 9.99. The van der Waals surface area contributed by atoms with Crippen molar-refractivity contribution in [3.8, 4) is 0 Å². The Morgan fingerprint density at radius 1 is 1.25 bits per heavy atom. The Balaban J connectivity index is 2.35. The summed E-state index contributed by atoms with van der Waals surface area (Å²) >= 11 is 1.40. The summed E-state index contributed by atoms with van der Waals surface area (Å²) in [5.41, 5.74) is 9.80. The van der Waals surface area contributed by atoms with Gasteiger partial charge in [0.1, 0.15) is 10.6 Å². The maximum Gasteiger partial charge on any atom is 0.146 e. The average Bonchev–Trinajstić information content (AvgIpc) is 2.53. The lowest BCUT2D eigenvalue weighted by Gasteiger charge is -2.09. The van der Waals surface area contributed by atoms with Crippen LogP contribution in [0.3, 0.4) is 0 Å². The lowest BCUT2D eigenvalue weighted by molar-refractivity contribution is 0.710. The SMILES string of the molecule is Cc1nc2snc(N)c2c2c1CCNCC2. The number of nitrogens with one attached hydrogen (secondary N) is 1. The molecule has 1 aliphatic rings. The van der Waals surface area contributed by atoms with E-state index in [0.717, 1.165) is 41.8 Å². The van der Waals surface area contributed by atoms with E-state index in [9.17, 15) is 0 Å². The van der Waals surface area contributed by atoms with Crippen LogP contribution in [0.1, 0.15) is 16.8 Å². The molecule has 3 N–H and O–H groups in total. The van der Waals surface area contributed by atoms with Crippen LogP contribution in [0.2, 0.25) is 0 Å². The highest BCUT2D eigenvalue weighted by Gasteiger charge is 2.18. The van der Waals surface area contributed by atoms with Crippen molar-refractivity contribution in [3.63, 3.8) is 0 Å². The molecule has 0 unspecified atom stereocenters. The molecule has 0 radical (unpaired) electrons. The fourth-order valence-corrected chi connectivity index (χ4v) is 3.17. The molecule has 3 rings (SSSR count). The van der Waals surface area contributed by atoms with Gasteiger partial charge >= 0.3 is 0 Å². The Morgan fingerprint density at radius 3 is 2.81 bits per heavy atom. The fourth-order valence-electron chi connectivity index (χ4n) is 2.40. The summed E-state index contributed by atoms with van der Waals surface area (Å²) in [7, 11) is 0. The van der Waals surface area contributed by atoms with Crippen molar-refractivity contribution in [2.45, 2.75) is 19.8 Å². The number of fused-ring (bicyclic) bond motifs is 3. The van der Waals surface area contributed by atoms with E-state index in [1.165, 1.54) is 22.7 Å². The maximum absolute atomic E-state index is 5.94. The van der Waals surface area contributed by atoms with Crippen molar-refractivity contribution < 1.29 is 0 Å². The summed E-state index contributed by atoms with van der Waals surface area (Å²) in [6.07, 6.45) is 2.07. The number of aromatic nitrogens is 2. The highest BCUT2D eigenvalue weighted by atomic mass is 32.1. The predicted octanol–water partition coefficient (Wildman–Crippen LogP) is 1.27. The first-order valence-electron chi connectivity index (χ1n) is 5.51. The summed E-state index contributed by atoms with van der Waals surface area (Å²) < 4.78 is 4.21. The Bertz CT molecular complexity index is 546. The summed E-state index contributed by atoms with van der Waals surface area (Å²) in [4.78, 5) is 5.58. The number of anilines is 1. The zero-order valence-electron chi connectivity index (χ0n) is 9.21. The largest absolute Gasteiger partial charge is 0.382 e. The minimum Gasteiger partial charge on any atom is -0.382 e. The number of hydrogen-bond acceptors (Lipinski definition) is 5. The van der Waals surface area contributed by atoms with E-state index in [4.69, 9.17) is 5.73 Å². The first-order valence-corrected chi connectivity index (χ1v) is 6.28. The molecule has 0 aliphatic carbocycles. The average molecular weight is 234 g/mol. The van der Waals surface area contributed by atoms with Gasteiger partial charge in [-0.1, -0.05) is 0 Å². The van der Waals surface area contributed by atoms with Gasteiger partial charge in [0.05, 0.1) is 5.39 Å². The second kappa shape index (κ2) is 3.68. The number of hydrogen-bond donors (Lipinski definition) is 2. The van der Waals surface area contributed by atoms with Crippen molar-refractivity contribution in [3.05, 3.63) is 16.8 Å². The number of pyridine rings is 1. The van der Waals surface area contributed by atoms with E-state index in [-0.39, 0.29) is 0 Å². The highest BCUT2D eigenvalue weighted by molar-refractivity contribution is 7.13. The quantitative estimate of drug-likeness (QED) is 0.720. The molecule has 0 amide bonds. The Hall–Kier alpha value is -1.20. The molecule has 1 aliphatic heterocycles. The van der Waals surface area contributed by atoms with Crippen LogP contribution >= 0.6 is 11.5 Å². The summed E-state index contributed by atoms with van der Waals surface area (Å²) in [5, 5.41) is 4.50. The number of aryl methyl sites for hydroxylation is 1. The van der Waals surface area contributed by atoms with Gasteiger partial charge in [0.2, 0.25) is 0 Å². The van der Waals surface area contributed by atoms with Crippen LogP contribution < -0.4 is 11.1 Å². The lowest BCUT2D eigenvalue weighted by Crippen LogP contribution is -2.16. The molecule has 16 heavy (non-hydrogen) atoms. The van der Waals surface area contributed by atoms with E-state index in [0.29, 0.717) is 5.82 Å². The molecule has 5 heteroatoms. The monoisotopic (exact) mass is 234 g/mol. The summed E-state index contributed by atoms with van der Waals surface area (Å²) in [6.45, 7) is 4.12. The minimum atomic E-state index is 0.644. The molecule has 2 aromatic heterocycles. The predicted molar refractivity (Wildman–Crippen MR) is 66.8 cm³/mol. The Labute approximate surface area is 98.0 Å². The van der Waals surface area contributed by atoms with Crippen LogP contribution in [-0.2, 0) is 12.8 Å². The van der Waals surface area contributed by atoms with Gasteiger partial charge < -0.3 is 11.1 Å². The van der Waals surface area contributed by atoms with Crippen molar-refractivity contribution >= 4 is 27.6 Å². The zero-order chi connectivity index (χ0) is 11.1. The smallest absolute Gasteiger partial charge is 0.146 e. The Kier molecular flexibility index (Phi) is 2.29. The first kappa shape index (κ1) is 9.99. The van der Waals surface area contributed by atoms with Crippen LogP contribution in [0, 0.1) is 6.92 Å². The number of nitrogens with zero attached hydrogens (tertiary/aromatic N) is 2. The molecule has 0 atom stereocenters. The molecule has 84 valence electrons. The molecule has 3 heterocycles. The van der Waals surface area contributed by atoms with E-state index < -0.39 is 0 Å². The van der Waals surface area contributed by atoms with E-state index >= 15 is 0 Å². The van der Waals surface area contributed by atoms with Crippen molar-refractivity contribution in [2.24, 2.45) is 0 Å². The highest BCUT2D eigenvalue weighted by Crippen LogP contribution is 2.31. The van der Waals surface area contributed by atoms with Gasteiger partial charge in [-0.2, -0.15) is 4.37 Å². The third kappa shape index (κ3) is 1.39. The third-order valence-corrected chi connectivity index (χ3v) is 3.93. The molecule has 0 saturated heterocycles. The van der Waals surface area contributed by atoms with E-state index in [2.05, 4.69) is 21.6 Å². The number of nitrogens with two attached hydrogens (primary N) is 1. The van der Waals surface area contributed by atoms with Gasteiger partial charge in [0, 0.05) is 5.69 Å². The van der Waals surface area contributed by atoms with Gasteiger partial charge in [0.25, 0.3) is 0 Å². The van der Waals surface area contributed by atoms with E-state index in [1.807, 2.05) is 0 Å². The molecule has 0 fully saturated rings. The minimum absolute atomic E-state index is 0.644.